The molecule has 4 aromatic carbocycles. The fraction of sp³-hybridized carbons (Fsp3) is 0.225. The first-order chi connectivity index (χ1) is 23.8. The molecule has 2 heterocycles. The van der Waals surface area contributed by atoms with Crippen LogP contribution in [0.5, 0.6) is 0 Å². The molecule has 0 spiro atoms. The molecule has 9 heteroatoms. The number of amides is 3. The lowest BCUT2D eigenvalue weighted by Crippen LogP contribution is -2.44. The summed E-state index contributed by atoms with van der Waals surface area (Å²) in [6.07, 6.45) is 5.51. The van der Waals surface area contributed by atoms with Gasteiger partial charge in [-0.15, -0.1) is 0 Å². The lowest BCUT2D eigenvalue weighted by Gasteiger charge is -2.28. The number of anilines is 2. The van der Waals surface area contributed by atoms with Crippen LogP contribution in [-0.4, -0.2) is 51.0 Å². The van der Waals surface area contributed by atoms with Gasteiger partial charge in [0.05, 0.1) is 25.3 Å². The maximum Gasteiger partial charge on any atom is 0.264 e. The first-order valence-corrected chi connectivity index (χ1v) is 16.4. The molecule has 3 amide bonds. The van der Waals surface area contributed by atoms with Gasteiger partial charge < -0.3 is 30.3 Å². The molecule has 6 rings (SSSR count). The monoisotopic (exact) mass is 656 g/mol. The Kier molecular flexibility index (Phi) is 10.0. The molecule has 1 aliphatic rings. The van der Waals surface area contributed by atoms with Crippen LogP contribution in [0.15, 0.2) is 121 Å². The smallest absolute Gasteiger partial charge is 0.264 e. The van der Waals surface area contributed by atoms with Gasteiger partial charge in [-0.25, -0.2) is 0 Å². The molecule has 0 aliphatic carbocycles. The minimum absolute atomic E-state index is 0.0611. The highest BCUT2D eigenvalue weighted by molar-refractivity contribution is 6.07. The van der Waals surface area contributed by atoms with Crippen molar-refractivity contribution in [3.63, 3.8) is 0 Å². The number of aliphatic hydroxyl groups is 2. The van der Waals surface area contributed by atoms with Gasteiger partial charge >= 0.3 is 0 Å². The van der Waals surface area contributed by atoms with Gasteiger partial charge in [0, 0.05) is 53.8 Å². The topological polar surface area (TPSA) is 126 Å². The second-order valence-corrected chi connectivity index (χ2v) is 12.4. The van der Waals surface area contributed by atoms with Crippen LogP contribution in [0, 0.1) is 5.92 Å². The van der Waals surface area contributed by atoms with E-state index in [4.69, 9.17) is 0 Å². The van der Waals surface area contributed by atoms with Gasteiger partial charge in [0.25, 0.3) is 5.91 Å². The van der Waals surface area contributed by atoms with E-state index in [1.54, 1.807) is 41.0 Å². The maximum atomic E-state index is 14.0. The number of carbonyl (C=O) groups excluding carboxylic acids is 3. The van der Waals surface area contributed by atoms with E-state index in [1.165, 1.54) is 0 Å². The summed E-state index contributed by atoms with van der Waals surface area (Å²) in [5.41, 5.74) is 3.51. The number of aromatic nitrogens is 1. The van der Waals surface area contributed by atoms with Gasteiger partial charge in [-0.05, 0) is 41.0 Å². The summed E-state index contributed by atoms with van der Waals surface area (Å²) in [6.45, 7) is 2.38. The summed E-state index contributed by atoms with van der Waals surface area (Å²) in [7, 11) is 0. The Morgan fingerprint density at radius 2 is 1.69 bits per heavy atom. The van der Waals surface area contributed by atoms with Crippen molar-refractivity contribution in [3.05, 3.63) is 144 Å². The van der Waals surface area contributed by atoms with Crippen LogP contribution in [0.2, 0.25) is 0 Å². The summed E-state index contributed by atoms with van der Waals surface area (Å²) >= 11 is 0. The Labute approximate surface area is 285 Å². The van der Waals surface area contributed by atoms with Gasteiger partial charge in [0.1, 0.15) is 0 Å². The average molecular weight is 657 g/mol. The van der Waals surface area contributed by atoms with Crippen molar-refractivity contribution in [2.24, 2.45) is 5.92 Å². The minimum Gasteiger partial charge on any atom is -0.395 e. The Morgan fingerprint density at radius 1 is 0.959 bits per heavy atom. The van der Waals surface area contributed by atoms with Gasteiger partial charge in [-0.2, -0.15) is 0 Å². The number of fused-ring (bicyclic) bond motifs is 2. The Morgan fingerprint density at radius 3 is 2.51 bits per heavy atom. The Bertz CT molecular complexity index is 1990. The maximum absolute atomic E-state index is 14.0. The third-order valence-corrected chi connectivity index (χ3v) is 9.07. The molecule has 49 heavy (non-hydrogen) atoms. The quantitative estimate of drug-likeness (QED) is 0.121. The molecule has 0 unspecified atom stereocenters. The number of nitrogens with one attached hydrogen (secondary N) is 2. The van der Waals surface area contributed by atoms with Crippen LogP contribution < -0.4 is 10.2 Å². The fourth-order valence-corrected chi connectivity index (χ4v) is 6.50. The number of para-hydroxylation sites is 2. The number of rotatable bonds is 13. The zero-order valence-corrected chi connectivity index (χ0v) is 27.4. The summed E-state index contributed by atoms with van der Waals surface area (Å²) in [5.74, 6) is -1.43. The van der Waals surface area contributed by atoms with E-state index >= 15 is 0 Å². The van der Waals surface area contributed by atoms with Crippen LogP contribution in [-0.2, 0) is 39.5 Å². The molecular weight excluding hydrogens is 616 g/mol. The summed E-state index contributed by atoms with van der Waals surface area (Å²) in [6, 6.07) is 32.0. The van der Waals surface area contributed by atoms with Crippen molar-refractivity contribution in [2.45, 2.75) is 38.5 Å². The summed E-state index contributed by atoms with van der Waals surface area (Å²) in [4.78, 5) is 46.4. The number of nitrogens with zero attached hydrogens (tertiary/aromatic N) is 2. The summed E-state index contributed by atoms with van der Waals surface area (Å²) in [5, 5.41) is 25.5. The van der Waals surface area contributed by atoms with Gasteiger partial charge in [0.2, 0.25) is 11.8 Å². The van der Waals surface area contributed by atoms with Crippen molar-refractivity contribution >= 4 is 40.0 Å². The number of hydrogen-bond acceptors (Lipinski definition) is 5. The molecule has 5 aromatic rings. The van der Waals surface area contributed by atoms with E-state index in [1.807, 2.05) is 97.2 Å². The molecule has 9 nitrogen and oxygen atoms in total. The van der Waals surface area contributed by atoms with Crippen molar-refractivity contribution in [2.75, 3.05) is 23.4 Å². The van der Waals surface area contributed by atoms with Crippen LogP contribution in [0.3, 0.4) is 0 Å². The Hall–Kier alpha value is -5.51. The van der Waals surface area contributed by atoms with E-state index < -0.39 is 17.4 Å². The molecule has 0 saturated heterocycles. The van der Waals surface area contributed by atoms with Crippen molar-refractivity contribution in [1.82, 2.24) is 9.88 Å². The molecular formula is C40H40N4O5. The highest BCUT2D eigenvalue weighted by Gasteiger charge is 2.52. The molecule has 0 radical (unpaired) electrons. The predicted octanol–water partition coefficient (Wildman–Crippen LogP) is 5.69. The SMILES string of the molecule is C[C@@H](/C=C/CC(=O)N(CCO)Cc1ccccc1)[C@]1(O)C(=O)N(Cc2cccc(NC(=O)Cc3c[nH]c4ccccc34)c2)c2ccccc21. The first kappa shape index (κ1) is 33.4. The Balaban J connectivity index is 1.13. The van der Waals surface area contributed by atoms with Gasteiger partial charge in [0.15, 0.2) is 5.60 Å². The van der Waals surface area contributed by atoms with Gasteiger partial charge in [-0.3, -0.25) is 14.4 Å². The van der Waals surface area contributed by atoms with Crippen molar-refractivity contribution in [1.29, 1.82) is 0 Å². The van der Waals surface area contributed by atoms with E-state index in [-0.39, 0.29) is 44.4 Å². The zero-order valence-electron chi connectivity index (χ0n) is 27.4. The lowest BCUT2D eigenvalue weighted by atomic mass is 9.83. The second kappa shape index (κ2) is 14.7. The molecule has 0 bridgehead atoms. The average Bonchev–Trinajstić information content (AvgIpc) is 3.61. The number of aliphatic hydroxyl groups excluding tert-OH is 1. The molecule has 0 saturated carbocycles. The molecule has 4 N–H and O–H groups in total. The first-order valence-electron chi connectivity index (χ1n) is 16.4. The number of carbonyl (C=O) groups is 3. The third kappa shape index (κ3) is 7.18. The van der Waals surface area contributed by atoms with E-state index in [0.717, 1.165) is 27.6 Å². The molecule has 1 aromatic heterocycles. The minimum atomic E-state index is -1.84. The second-order valence-electron chi connectivity index (χ2n) is 12.4. The fourth-order valence-electron chi connectivity index (χ4n) is 6.50. The van der Waals surface area contributed by atoms with E-state index in [9.17, 15) is 24.6 Å². The zero-order chi connectivity index (χ0) is 34.4. The van der Waals surface area contributed by atoms with Gasteiger partial charge in [-0.1, -0.05) is 97.9 Å². The van der Waals surface area contributed by atoms with E-state index in [0.29, 0.717) is 23.5 Å². The van der Waals surface area contributed by atoms with Crippen LogP contribution in [0.25, 0.3) is 10.9 Å². The predicted molar refractivity (Wildman–Crippen MR) is 190 cm³/mol. The lowest BCUT2D eigenvalue weighted by molar-refractivity contribution is -0.139. The molecule has 0 fully saturated rings. The highest BCUT2D eigenvalue weighted by atomic mass is 16.3. The third-order valence-electron chi connectivity index (χ3n) is 9.07. The normalized spacial score (nSPS) is 16.2. The highest BCUT2D eigenvalue weighted by Crippen LogP contribution is 2.45. The number of H-pyrrole nitrogens is 1. The molecule has 2 atom stereocenters. The number of benzene rings is 4. The number of aromatic amines is 1. The van der Waals surface area contributed by atoms with Crippen molar-refractivity contribution in [3.8, 4) is 0 Å². The summed E-state index contributed by atoms with van der Waals surface area (Å²) < 4.78 is 0. The number of hydrogen-bond donors (Lipinski definition) is 4. The van der Waals surface area contributed by atoms with Crippen LogP contribution in [0.1, 0.15) is 35.6 Å². The largest absolute Gasteiger partial charge is 0.395 e. The standard InChI is InChI=1S/C40H40N4O5/c1-28(11-9-20-38(47)43(21-22-45)26-29-12-3-2-4-13-29)40(49)34-17-6-8-19-36(34)44(39(40)48)27-30-14-10-15-32(23-30)42-37(46)24-31-25-41-35-18-7-5-16-33(31)35/h2-19,23,25,28,41,45,49H,20-22,24,26-27H2,1H3,(H,42,46)/b11-9+/t28-,40+/m0/s1. The van der Waals surface area contributed by atoms with Crippen molar-refractivity contribution < 1.29 is 24.6 Å². The van der Waals surface area contributed by atoms with Crippen LogP contribution >= 0.6 is 0 Å². The van der Waals surface area contributed by atoms with E-state index in [2.05, 4.69) is 10.3 Å². The molecule has 1 aliphatic heterocycles. The van der Waals surface area contributed by atoms with Crippen LogP contribution in [0.4, 0.5) is 11.4 Å². The molecule has 250 valence electrons.